The number of nitrogens with one attached hydrogen (secondary N) is 1. The lowest BCUT2D eigenvalue weighted by Crippen LogP contribution is -2.17. The van der Waals surface area contributed by atoms with Crippen molar-refractivity contribution in [1.29, 1.82) is 0 Å². The van der Waals surface area contributed by atoms with Gasteiger partial charge in [-0.25, -0.2) is 5.43 Å². The highest BCUT2D eigenvalue weighted by molar-refractivity contribution is 9.10. The van der Waals surface area contributed by atoms with E-state index < -0.39 is 10.8 Å². The lowest BCUT2D eigenvalue weighted by molar-refractivity contribution is -0.384. The fourth-order valence-corrected chi connectivity index (χ4v) is 2.19. The highest BCUT2D eigenvalue weighted by atomic mass is 79.9. The molecule has 0 unspecified atom stereocenters. The van der Waals surface area contributed by atoms with E-state index in [0.29, 0.717) is 21.3 Å². The van der Waals surface area contributed by atoms with Crippen molar-refractivity contribution in [2.24, 2.45) is 5.10 Å². The number of benzene rings is 2. The summed E-state index contributed by atoms with van der Waals surface area (Å²) >= 11 is 3.22. The zero-order chi connectivity index (χ0) is 16.8. The Morgan fingerprint density at radius 3 is 2.78 bits per heavy atom. The van der Waals surface area contributed by atoms with Crippen LogP contribution in [0.5, 0.6) is 5.75 Å². The molecule has 0 heterocycles. The van der Waals surface area contributed by atoms with E-state index in [9.17, 15) is 14.9 Å². The minimum absolute atomic E-state index is 0.0329. The Morgan fingerprint density at radius 1 is 1.35 bits per heavy atom. The Balaban J connectivity index is 2.06. The van der Waals surface area contributed by atoms with E-state index in [1.807, 2.05) is 0 Å². The van der Waals surface area contributed by atoms with Crippen molar-refractivity contribution in [2.45, 2.75) is 0 Å². The number of carbonyl (C=O) groups excluding carboxylic acids is 1. The molecule has 23 heavy (non-hydrogen) atoms. The van der Waals surface area contributed by atoms with Crippen LogP contribution in [-0.2, 0) is 0 Å². The summed E-state index contributed by atoms with van der Waals surface area (Å²) in [4.78, 5) is 22.1. The first-order chi connectivity index (χ1) is 11.0. The molecule has 0 fully saturated rings. The quantitative estimate of drug-likeness (QED) is 0.491. The van der Waals surface area contributed by atoms with Crippen LogP contribution in [0.25, 0.3) is 0 Å². The minimum atomic E-state index is -0.490. The molecule has 0 saturated heterocycles. The second-order valence-electron chi connectivity index (χ2n) is 4.39. The van der Waals surface area contributed by atoms with Gasteiger partial charge in [-0.3, -0.25) is 14.9 Å². The number of nitro benzene ring substituents is 1. The zero-order valence-electron chi connectivity index (χ0n) is 12.0. The lowest BCUT2D eigenvalue weighted by atomic mass is 10.2. The fraction of sp³-hybridized carbons (Fsp3) is 0.0667. The van der Waals surface area contributed by atoms with Crippen LogP contribution < -0.4 is 10.2 Å². The van der Waals surface area contributed by atoms with Gasteiger partial charge in [-0.05, 0) is 40.2 Å². The van der Waals surface area contributed by atoms with E-state index in [1.165, 1.54) is 31.5 Å². The number of hydrogen-bond donors (Lipinski definition) is 1. The molecule has 1 N–H and O–H groups in total. The predicted molar refractivity (Wildman–Crippen MR) is 88.9 cm³/mol. The number of methoxy groups -OCH3 is 1. The molecule has 8 heteroatoms. The fourth-order valence-electron chi connectivity index (χ4n) is 1.72. The third-order valence-corrected chi connectivity index (χ3v) is 3.58. The van der Waals surface area contributed by atoms with Gasteiger partial charge in [0.05, 0.1) is 18.2 Å². The van der Waals surface area contributed by atoms with E-state index in [1.54, 1.807) is 24.3 Å². The summed E-state index contributed by atoms with van der Waals surface area (Å²) < 4.78 is 5.55. The van der Waals surface area contributed by atoms with E-state index >= 15 is 0 Å². The molecule has 7 nitrogen and oxygen atoms in total. The average Bonchev–Trinajstić information content (AvgIpc) is 2.56. The van der Waals surface area contributed by atoms with Gasteiger partial charge in [0.2, 0.25) is 0 Å². The topological polar surface area (TPSA) is 93.8 Å². The van der Waals surface area contributed by atoms with Gasteiger partial charge in [-0.1, -0.05) is 6.07 Å². The van der Waals surface area contributed by atoms with Crippen molar-refractivity contribution < 1.29 is 14.5 Å². The number of amides is 1. The number of nitro groups is 1. The van der Waals surface area contributed by atoms with Crippen LogP contribution >= 0.6 is 15.9 Å². The first kappa shape index (κ1) is 16.6. The van der Waals surface area contributed by atoms with Crippen molar-refractivity contribution in [1.82, 2.24) is 5.43 Å². The number of non-ortho nitro benzene ring substituents is 1. The maximum Gasteiger partial charge on any atom is 0.271 e. The number of nitrogens with zero attached hydrogens (tertiary/aromatic N) is 2. The predicted octanol–water partition coefficient (Wildman–Crippen LogP) is 3.13. The molecule has 0 atom stereocenters. The van der Waals surface area contributed by atoms with E-state index in [2.05, 4.69) is 26.5 Å². The summed E-state index contributed by atoms with van der Waals surface area (Å²) in [6.07, 6.45) is 1.39. The first-order valence-corrected chi connectivity index (χ1v) is 7.22. The van der Waals surface area contributed by atoms with Crippen LogP contribution in [0, 0.1) is 10.1 Å². The monoisotopic (exact) mass is 377 g/mol. The minimum Gasteiger partial charge on any atom is -0.497 e. The van der Waals surface area contributed by atoms with E-state index in [-0.39, 0.29) is 5.69 Å². The molecule has 1 amide bonds. The van der Waals surface area contributed by atoms with Gasteiger partial charge in [0.1, 0.15) is 5.75 Å². The standard InChI is InChI=1S/C15H12BrN3O4/c1-23-13-4-2-3-10(7-13)15(20)18-17-9-11-5-6-12(19(21)22)8-14(11)16/h2-9H,1H3,(H,18,20)/b17-9-. The largest absolute Gasteiger partial charge is 0.497 e. The Morgan fingerprint density at radius 2 is 2.13 bits per heavy atom. The van der Waals surface area contributed by atoms with Crippen LogP contribution in [-0.4, -0.2) is 24.2 Å². The number of rotatable bonds is 5. The van der Waals surface area contributed by atoms with Gasteiger partial charge in [0, 0.05) is 27.7 Å². The summed E-state index contributed by atoms with van der Waals surface area (Å²) in [5.74, 6) is 0.179. The lowest BCUT2D eigenvalue weighted by Gasteiger charge is -2.03. The molecular weight excluding hydrogens is 366 g/mol. The SMILES string of the molecule is COc1cccc(C(=O)N/N=C\c2ccc([N+](=O)[O-])cc2Br)c1. The van der Waals surface area contributed by atoms with E-state index in [0.717, 1.165) is 0 Å². The summed E-state index contributed by atoms with van der Waals surface area (Å²) in [6, 6.07) is 10.9. The van der Waals surface area contributed by atoms with Crippen LogP contribution in [0.15, 0.2) is 52.0 Å². The Bertz CT molecular complexity index is 777. The normalized spacial score (nSPS) is 10.5. The molecule has 0 bridgehead atoms. The van der Waals surface area contributed by atoms with Gasteiger partial charge >= 0.3 is 0 Å². The number of halogens is 1. The molecule has 0 aromatic heterocycles. The molecule has 0 radical (unpaired) electrons. The first-order valence-electron chi connectivity index (χ1n) is 6.42. The highest BCUT2D eigenvalue weighted by Crippen LogP contribution is 2.21. The summed E-state index contributed by atoms with van der Waals surface area (Å²) in [5, 5.41) is 14.5. The number of ether oxygens (including phenoxy) is 1. The molecule has 0 aliphatic carbocycles. The Labute approximate surface area is 140 Å². The van der Waals surface area contributed by atoms with E-state index in [4.69, 9.17) is 4.74 Å². The van der Waals surface area contributed by atoms with Gasteiger partial charge in [-0.2, -0.15) is 5.10 Å². The number of carbonyl (C=O) groups is 1. The maximum atomic E-state index is 11.9. The third kappa shape index (κ3) is 4.36. The highest BCUT2D eigenvalue weighted by Gasteiger charge is 2.08. The number of hydrogen-bond acceptors (Lipinski definition) is 5. The van der Waals surface area contributed by atoms with Gasteiger partial charge in [0.25, 0.3) is 11.6 Å². The van der Waals surface area contributed by atoms with Crippen molar-refractivity contribution in [2.75, 3.05) is 7.11 Å². The average molecular weight is 378 g/mol. The van der Waals surface area contributed by atoms with Gasteiger partial charge < -0.3 is 4.74 Å². The third-order valence-electron chi connectivity index (χ3n) is 2.90. The van der Waals surface area contributed by atoms with Crippen LogP contribution in [0.4, 0.5) is 5.69 Å². The molecule has 2 rings (SSSR count). The Kier molecular flexibility index (Phi) is 5.42. The molecule has 2 aromatic carbocycles. The molecule has 0 saturated carbocycles. The molecule has 0 aliphatic heterocycles. The molecule has 0 aliphatic rings. The van der Waals surface area contributed by atoms with Crippen molar-refractivity contribution in [3.8, 4) is 5.75 Å². The molecular formula is C15H12BrN3O4. The maximum absolute atomic E-state index is 11.9. The summed E-state index contributed by atoms with van der Waals surface area (Å²) in [6.45, 7) is 0. The van der Waals surface area contributed by atoms with Gasteiger partial charge in [0.15, 0.2) is 0 Å². The Hall–Kier alpha value is -2.74. The van der Waals surface area contributed by atoms with Crippen LogP contribution in [0.1, 0.15) is 15.9 Å². The van der Waals surface area contributed by atoms with Crippen molar-refractivity contribution in [3.05, 3.63) is 68.2 Å². The van der Waals surface area contributed by atoms with Crippen molar-refractivity contribution in [3.63, 3.8) is 0 Å². The van der Waals surface area contributed by atoms with Crippen LogP contribution in [0.3, 0.4) is 0 Å². The molecule has 118 valence electrons. The smallest absolute Gasteiger partial charge is 0.271 e. The second-order valence-corrected chi connectivity index (χ2v) is 5.25. The van der Waals surface area contributed by atoms with Crippen LogP contribution in [0.2, 0.25) is 0 Å². The number of hydrazone groups is 1. The summed E-state index contributed by atoms with van der Waals surface area (Å²) in [7, 11) is 1.52. The van der Waals surface area contributed by atoms with Gasteiger partial charge in [-0.15, -0.1) is 0 Å². The summed E-state index contributed by atoms with van der Waals surface area (Å²) in [5.41, 5.74) is 3.36. The molecule has 2 aromatic rings. The second kappa shape index (κ2) is 7.50. The molecule has 0 spiro atoms. The zero-order valence-corrected chi connectivity index (χ0v) is 13.6. The van der Waals surface area contributed by atoms with Crippen molar-refractivity contribution >= 4 is 33.7 Å².